The fraction of sp³-hybridized carbons (Fsp3) is 1.00. The normalized spacial score (nSPS) is 10.0. The second-order valence-corrected chi connectivity index (χ2v) is 2.17. The van der Waals surface area contributed by atoms with Crippen LogP contribution in [0, 0.1) is 0 Å². The molecule has 0 aliphatic rings. The SMILES string of the molecule is CC(C)(C)O.[MgH2]. The zero-order valence-electron chi connectivity index (χ0n) is 3.95. The molecule has 1 nitrogen and oxygen atoms in total. The molecule has 0 fully saturated rings. The van der Waals surface area contributed by atoms with Crippen LogP contribution in [0.5, 0.6) is 0 Å². The first-order valence-corrected chi connectivity index (χ1v) is 1.72. The third-order valence-corrected chi connectivity index (χ3v) is 0. The Bertz CT molecular complexity index is 23.0. The van der Waals surface area contributed by atoms with Gasteiger partial charge in [0.15, 0.2) is 0 Å². The minimum atomic E-state index is -0.500. The van der Waals surface area contributed by atoms with Crippen molar-refractivity contribution in [2.24, 2.45) is 0 Å². The van der Waals surface area contributed by atoms with Crippen LogP contribution in [-0.4, -0.2) is 33.8 Å². The minimum absolute atomic E-state index is 0. The molecular weight excluding hydrogens is 88.3 g/mol. The fourth-order valence-corrected chi connectivity index (χ4v) is 0. The molecule has 36 valence electrons. The second kappa shape index (κ2) is 2.83. The van der Waals surface area contributed by atoms with Gasteiger partial charge in [-0.1, -0.05) is 0 Å². The first-order chi connectivity index (χ1) is 2.00. The molecule has 0 unspecified atom stereocenters. The van der Waals surface area contributed by atoms with Crippen molar-refractivity contribution in [1.82, 2.24) is 0 Å². The van der Waals surface area contributed by atoms with Gasteiger partial charge in [-0.2, -0.15) is 0 Å². The zero-order valence-corrected chi connectivity index (χ0v) is 3.95. The Balaban J connectivity index is 0. The molecule has 0 atom stereocenters. The van der Waals surface area contributed by atoms with E-state index in [-0.39, 0.29) is 23.1 Å². The molecule has 0 radical (unpaired) electrons. The van der Waals surface area contributed by atoms with E-state index in [4.69, 9.17) is 5.11 Å². The van der Waals surface area contributed by atoms with Gasteiger partial charge >= 0.3 is 23.1 Å². The van der Waals surface area contributed by atoms with E-state index in [9.17, 15) is 0 Å². The Morgan fingerprint density at radius 2 is 1.17 bits per heavy atom. The minimum Gasteiger partial charge on any atom is -0.391 e. The topological polar surface area (TPSA) is 20.2 Å². The Hall–Kier alpha value is 0.726. The molecule has 0 heterocycles. The molecule has 0 saturated carbocycles. The number of hydrogen-bond donors (Lipinski definition) is 1. The zero-order chi connectivity index (χ0) is 4.50. The number of aliphatic hydroxyl groups is 1. The Morgan fingerprint density at radius 3 is 1.17 bits per heavy atom. The maximum atomic E-state index is 8.52. The summed E-state index contributed by atoms with van der Waals surface area (Å²) in [7, 11) is 0. The van der Waals surface area contributed by atoms with E-state index in [1.165, 1.54) is 0 Å². The molecule has 6 heavy (non-hydrogen) atoms. The van der Waals surface area contributed by atoms with E-state index in [0.29, 0.717) is 0 Å². The van der Waals surface area contributed by atoms with Crippen molar-refractivity contribution in [1.29, 1.82) is 0 Å². The van der Waals surface area contributed by atoms with Gasteiger partial charge in [-0.3, -0.25) is 0 Å². The molecule has 0 aromatic carbocycles. The summed E-state index contributed by atoms with van der Waals surface area (Å²) < 4.78 is 0. The Kier molecular flexibility index (Phi) is 4.65. The molecule has 0 amide bonds. The maximum absolute atomic E-state index is 8.52. The maximum Gasteiger partial charge on any atom is 0.316 e. The standard InChI is InChI=1S/C4H10O.Mg.2H/c1-4(2,3)5;;;/h5H,1-3H3;;;. The monoisotopic (exact) mass is 100 g/mol. The van der Waals surface area contributed by atoms with E-state index >= 15 is 0 Å². The fourth-order valence-electron chi connectivity index (χ4n) is 0. The van der Waals surface area contributed by atoms with Crippen molar-refractivity contribution in [3.05, 3.63) is 0 Å². The molecule has 0 rings (SSSR count). The summed E-state index contributed by atoms with van der Waals surface area (Å²) >= 11 is 0. The molecule has 0 aromatic heterocycles. The molecular formula is C4H12MgO. The van der Waals surface area contributed by atoms with Gasteiger partial charge in [0.1, 0.15) is 0 Å². The van der Waals surface area contributed by atoms with Crippen LogP contribution >= 0.6 is 0 Å². The van der Waals surface area contributed by atoms with Crippen LogP contribution in [0.3, 0.4) is 0 Å². The van der Waals surface area contributed by atoms with Gasteiger partial charge in [-0.05, 0) is 20.8 Å². The summed E-state index contributed by atoms with van der Waals surface area (Å²) in [6.45, 7) is 5.23. The largest absolute Gasteiger partial charge is 0.391 e. The van der Waals surface area contributed by atoms with E-state index in [2.05, 4.69) is 0 Å². The highest BCUT2D eigenvalue weighted by Crippen LogP contribution is 1.93. The lowest BCUT2D eigenvalue weighted by Gasteiger charge is -2.04. The lowest BCUT2D eigenvalue weighted by Crippen LogP contribution is -2.10. The van der Waals surface area contributed by atoms with Crippen molar-refractivity contribution in [2.45, 2.75) is 26.4 Å². The first-order valence-electron chi connectivity index (χ1n) is 1.72. The third-order valence-electron chi connectivity index (χ3n) is 0. The van der Waals surface area contributed by atoms with Crippen LogP contribution in [0.2, 0.25) is 0 Å². The summed E-state index contributed by atoms with van der Waals surface area (Å²) in [6, 6.07) is 0. The van der Waals surface area contributed by atoms with E-state index < -0.39 is 5.60 Å². The van der Waals surface area contributed by atoms with E-state index in [1.54, 1.807) is 20.8 Å². The highest BCUT2D eigenvalue weighted by molar-refractivity contribution is 5.75. The Labute approximate surface area is 54.9 Å². The van der Waals surface area contributed by atoms with Gasteiger partial charge in [-0.25, -0.2) is 0 Å². The lowest BCUT2D eigenvalue weighted by molar-refractivity contribution is 0.102. The van der Waals surface area contributed by atoms with Crippen molar-refractivity contribution in [3.8, 4) is 0 Å². The van der Waals surface area contributed by atoms with Crippen molar-refractivity contribution in [3.63, 3.8) is 0 Å². The van der Waals surface area contributed by atoms with Gasteiger partial charge in [0.05, 0.1) is 5.60 Å². The predicted octanol–water partition coefficient (Wildman–Crippen LogP) is -0.139. The van der Waals surface area contributed by atoms with Crippen molar-refractivity contribution < 1.29 is 5.11 Å². The van der Waals surface area contributed by atoms with Crippen LogP contribution in [-0.2, 0) is 0 Å². The first kappa shape index (κ1) is 9.87. The molecule has 0 bridgehead atoms. The third kappa shape index (κ3) is 124. The van der Waals surface area contributed by atoms with E-state index in [1.807, 2.05) is 0 Å². The molecule has 0 aromatic rings. The molecule has 2 heteroatoms. The summed E-state index contributed by atoms with van der Waals surface area (Å²) in [5.74, 6) is 0. The highest BCUT2D eigenvalue weighted by Gasteiger charge is 1.97. The van der Waals surface area contributed by atoms with Crippen LogP contribution in [0.1, 0.15) is 20.8 Å². The van der Waals surface area contributed by atoms with Gasteiger partial charge in [0, 0.05) is 0 Å². The quantitative estimate of drug-likeness (QED) is 0.420. The molecule has 0 saturated heterocycles. The van der Waals surface area contributed by atoms with Crippen LogP contribution in [0.15, 0.2) is 0 Å². The Morgan fingerprint density at radius 1 is 1.17 bits per heavy atom. The smallest absolute Gasteiger partial charge is 0.316 e. The van der Waals surface area contributed by atoms with Crippen LogP contribution in [0.25, 0.3) is 0 Å². The molecule has 0 spiro atoms. The van der Waals surface area contributed by atoms with Gasteiger partial charge in [0.25, 0.3) is 0 Å². The van der Waals surface area contributed by atoms with Crippen molar-refractivity contribution >= 4 is 23.1 Å². The van der Waals surface area contributed by atoms with Crippen molar-refractivity contribution in [2.75, 3.05) is 0 Å². The second-order valence-electron chi connectivity index (χ2n) is 2.17. The number of hydrogen-bond acceptors (Lipinski definition) is 1. The highest BCUT2D eigenvalue weighted by atomic mass is 24.3. The summed E-state index contributed by atoms with van der Waals surface area (Å²) in [5.41, 5.74) is -0.500. The predicted molar refractivity (Wildman–Crippen MR) is 30.5 cm³/mol. The summed E-state index contributed by atoms with van der Waals surface area (Å²) in [6.07, 6.45) is 0. The van der Waals surface area contributed by atoms with Gasteiger partial charge in [0.2, 0.25) is 0 Å². The van der Waals surface area contributed by atoms with Gasteiger partial charge < -0.3 is 5.11 Å². The molecule has 0 aliphatic heterocycles. The van der Waals surface area contributed by atoms with Crippen LogP contribution in [0.4, 0.5) is 0 Å². The average molecular weight is 100 g/mol. The summed E-state index contributed by atoms with van der Waals surface area (Å²) in [5, 5.41) is 8.52. The lowest BCUT2D eigenvalue weighted by atomic mass is 10.2. The average Bonchev–Trinajstić information content (AvgIpc) is 0.722. The van der Waals surface area contributed by atoms with E-state index in [0.717, 1.165) is 0 Å². The number of rotatable bonds is 0. The molecule has 0 aliphatic carbocycles. The molecule has 1 N–H and O–H groups in total. The summed E-state index contributed by atoms with van der Waals surface area (Å²) in [4.78, 5) is 0. The van der Waals surface area contributed by atoms with Gasteiger partial charge in [-0.15, -0.1) is 0 Å². The van der Waals surface area contributed by atoms with Crippen LogP contribution < -0.4 is 0 Å².